The molecule has 0 saturated heterocycles. The Kier molecular flexibility index (Phi) is 5.08. The number of carbonyl (C=O) groups excluding carboxylic acids is 1. The highest BCUT2D eigenvalue weighted by Crippen LogP contribution is 2.17. The summed E-state index contributed by atoms with van der Waals surface area (Å²) in [5, 5.41) is 13.7. The van der Waals surface area contributed by atoms with E-state index in [9.17, 15) is 9.59 Å². The van der Waals surface area contributed by atoms with Crippen LogP contribution in [0, 0.1) is 0 Å². The molecule has 0 saturated carbocycles. The Morgan fingerprint density at radius 2 is 2.14 bits per heavy atom. The quantitative estimate of drug-likeness (QED) is 0.860. The standard InChI is InChI=1S/C15H15NO4S/c1-20-9-10-5-11(15(18)19)7-12(6-10)16-14(17)8-13-3-2-4-21-13/h2-7H,8-9H2,1H3,(H,16,17)(H,18,19). The normalized spacial score (nSPS) is 10.3. The van der Waals surface area contributed by atoms with Gasteiger partial charge >= 0.3 is 5.97 Å². The molecule has 5 nitrogen and oxygen atoms in total. The zero-order chi connectivity index (χ0) is 15.2. The first-order valence-electron chi connectivity index (χ1n) is 6.27. The third-order valence-electron chi connectivity index (χ3n) is 2.75. The number of amides is 1. The van der Waals surface area contributed by atoms with Crippen LogP contribution in [0.2, 0.25) is 0 Å². The van der Waals surface area contributed by atoms with E-state index in [-0.39, 0.29) is 24.5 Å². The Labute approximate surface area is 126 Å². The van der Waals surface area contributed by atoms with Crippen molar-refractivity contribution in [1.82, 2.24) is 0 Å². The monoisotopic (exact) mass is 305 g/mol. The SMILES string of the molecule is COCc1cc(NC(=O)Cc2cccs2)cc(C(=O)O)c1. The van der Waals surface area contributed by atoms with Crippen LogP contribution in [0.3, 0.4) is 0 Å². The number of rotatable bonds is 6. The van der Waals surface area contributed by atoms with Gasteiger partial charge in [-0.2, -0.15) is 0 Å². The number of nitrogens with one attached hydrogen (secondary N) is 1. The molecule has 0 aliphatic heterocycles. The van der Waals surface area contributed by atoms with Gasteiger partial charge in [0.2, 0.25) is 5.91 Å². The molecule has 1 aromatic carbocycles. The summed E-state index contributed by atoms with van der Waals surface area (Å²) in [6, 6.07) is 8.44. The van der Waals surface area contributed by atoms with Gasteiger partial charge in [0.15, 0.2) is 0 Å². The van der Waals surface area contributed by atoms with Crippen LogP contribution in [0.15, 0.2) is 35.7 Å². The summed E-state index contributed by atoms with van der Waals surface area (Å²) >= 11 is 1.51. The van der Waals surface area contributed by atoms with Gasteiger partial charge in [0, 0.05) is 17.7 Å². The maximum Gasteiger partial charge on any atom is 0.335 e. The molecular formula is C15H15NO4S. The number of benzene rings is 1. The first-order chi connectivity index (χ1) is 10.1. The van der Waals surface area contributed by atoms with Crippen LogP contribution in [-0.4, -0.2) is 24.1 Å². The molecule has 0 radical (unpaired) electrons. The number of ether oxygens (including phenoxy) is 1. The molecule has 0 fully saturated rings. The van der Waals surface area contributed by atoms with Gasteiger partial charge in [0.05, 0.1) is 18.6 Å². The van der Waals surface area contributed by atoms with Crippen LogP contribution < -0.4 is 5.32 Å². The number of carboxylic acid groups (broad SMARTS) is 1. The molecule has 0 bridgehead atoms. The molecule has 21 heavy (non-hydrogen) atoms. The van der Waals surface area contributed by atoms with Gasteiger partial charge < -0.3 is 15.2 Å². The lowest BCUT2D eigenvalue weighted by atomic mass is 10.1. The van der Waals surface area contributed by atoms with E-state index < -0.39 is 5.97 Å². The van der Waals surface area contributed by atoms with Crippen LogP contribution in [-0.2, 0) is 22.6 Å². The van der Waals surface area contributed by atoms with Gasteiger partial charge in [-0.3, -0.25) is 4.79 Å². The van der Waals surface area contributed by atoms with Crippen molar-refractivity contribution in [2.45, 2.75) is 13.0 Å². The average Bonchev–Trinajstić information content (AvgIpc) is 2.91. The molecule has 2 rings (SSSR count). The summed E-state index contributed by atoms with van der Waals surface area (Å²) in [5.41, 5.74) is 1.28. The van der Waals surface area contributed by atoms with E-state index in [1.807, 2.05) is 17.5 Å². The molecule has 1 aromatic heterocycles. The number of methoxy groups -OCH3 is 1. The van der Waals surface area contributed by atoms with E-state index in [4.69, 9.17) is 9.84 Å². The van der Waals surface area contributed by atoms with E-state index in [0.717, 1.165) is 4.88 Å². The van der Waals surface area contributed by atoms with Gasteiger partial charge in [0.25, 0.3) is 0 Å². The highest BCUT2D eigenvalue weighted by molar-refractivity contribution is 7.10. The maximum atomic E-state index is 11.9. The molecule has 0 atom stereocenters. The van der Waals surface area contributed by atoms with Crippen molar-refractivity contribution in [1.29, 1.82) is 0 Å². The van der Waals surface area contributed by atoms with Gasteiger partial charge in [-0.1, -0.05) is 6.07 Å². The Morgan fingerprint density at radius 3 is 2.76 bits per heavy atom. The Bertz CT molecular complexity index is 637. The Hall–Kier alpha value is -2.18. The number of hydrogen-bond acceptors (Lipinski definition) is 4. The number of thiophene rings is 1. The minimum atomic E-state index is -1.04. The summed E-state index contributed by atoms with van der Waals surface area (Å²) in [5.74, 6) is -1.22. The van der Waals surface area contributed by atoms with Crippen molar-refractivity contribution in [3.8, 4) is 0 Å². The van der Waals surface area contributed by atoms with E-state index in [1.165, 1.54) is 30.6 Å². The topological polar surface area (TPSA) is 75.6 Å². The highest BCUT2D eigenvalue weighted by atomic mass is 32.1. The third kappa shape index (κ3) is 4.40. The molecular weight excluding hydrogens is 290 g/mol. The minimum Gasteiger partial charge on any atom is -0.478 e. The second-order valence-corrected chi connectivity index (χ2v) is 5.49. The minimum absolute atomic E-state index is 0.121. The van der Waals surface area contributed by atoms with Crippen molar-refractivity contribution in [2.24, 2.45) is 0 Å². The average molecular weight is 305 g/mol. The van der Waals surface area contributed by atoms with Crippen molar-refractivity contribution >= 4 is 28.9 Å². The largest absolute Gasteiger partial charge is 0.478 e. The Morgan fingerprint density at radius 1 is 1.33 bits per heavy atom. The fourth-order valence-corrected chi connectivity index (χ4v) is 2.62. The number of carbonyl (C=O) groups is 2. The smallest absolute Gasteiger partial charge is 0.335 e. The molecule has 0 unspecified atom stereocenters. The molecule has 0 aliphatic rings. The van der Waals surface area contributed by atoms with E-state index in [1.54, 1.807) is 6.07 Å². The molecule has 2 aromatic rings. The molecule has 6 heteroatoms. The van der Waals surface area contributed by atoms with E-state index >= 15 is 0 Å². The first-order valence-corrected chi connectivity index (χ1v) is 7.15. The zero-order valence-electron chi connectivity index (χ0n) is 11.5. The molecule has 1 heterocycles. The number of carboxylic acids is 1. The molecule has 1 amide bonds. The molecule has 110 valence electrons. The van der Waals surface area contributed by atoms with Crippen molar-refractivity contribution in [3.63, 3.8) is 0 Å². The van der Waals surface area contributed by atoms with Crippen LogP contribution in [0.5, 0.6) is 0 Å². The number of anilines is 1. The zero-order valence-corrected chi connectivity index (χ0v) is 12.3. The summed E-state index contributed by atoms with van der Waals surface area (Å²) in [6.07, 6.45) is 0.272. The molecule has 0 aliphatic carbocycles. The van der Waals surface area contributed by atoms with Crippen LogP contribution in [0.25, 0.3) is 0 Å². The van der Waals surface area contributed by atoms with Crippen LogP contribution in [0.4, 0.5) is 5.69 Å². The number of hydrogen-bond donors (Lipinski definition) is 2. The summed E-state index contributed by atoms with van der Waals surface area (Å²) in [4.78, 5) is 24.0. The van der Waals surface area contributed by atoms with E-state index in [0.29, 0.717) is 11.3 Å². The van der Waals surface area contributed by atoms with Gasteiger partial charge in [0.1, 0.15) is 0 Å². The lowest BCUT2D eigenvalue weighted by Gasteiger charge is -2.09. The number of aromatic carboxylic acids is 1. The van der Waals surface area contributed by atoms with Crippen molar-refractivity contribution in [2.75, 3.05) is 12.4 Å². The fraction of sp³-hybridized carbons (Fsp3) is 0.200. The van der Waals surface area contributed by atoms with E-state index in [2.05, 4.69) is 5.32 Å². The van der Waals surface area contributed by atoms with Gasteiger partial charge in [-0.25, -0.2) is 4.79 Å². The lowest BCUT2D eigenvalue weighted by Crippen LogP contribution is -2.14. The summed E-state index contributed by atoms with van der Waals surface area (Å²) in [6.45, 7) is 0.287. The lowest BCUT2D eigenvalue weighted by molar-refractivity contribution is -0.115. The molecule has 0 spiro atoms. The van der Waals surface area contributed by atoms with Gasteiger partial charge in [-0.15, -0.1) is 11.3 Å². The second-order valence-electron chi connectivity index (χ2n) is 4.46. The summed E-state index contributed by atoms with van der Waals surface area (Å²) in [7, 11) is 1.53. The third-order valence-corrected chi connectivity index (χ3v) is 3.63. The second kappa shape index (κ2) is 7.01. The predicted octanol–water partition coefficient (Wildman–Crippen LogP) is 2.77. The van der Waals surface area contributed by atoms with Crippen LogP contribution >= 0.6 is 11.3 Å². The van der Waals surface area contributed by atoms with Crippen molar-refractivity contribution in [3.05, 3.63) is 51.7 Å². The Balaban J connectivity index is 2.14. The first kappa shape index (κ1) is 15.2. The highest BCUT2D eigenvalue weighted by Gasteiger charge is 2.10. The van der Waals surface area contributed by atoms with Crippen molar-refractivity contribution < 1.29 is 19.4 Å². The predicted molar refractivity (Wildman–Crippen MR) is 80.8 cm³/mol. The maximum absolute atomic E-state index is 11.9. The van der Waals surface area contributed by atoms with Gasteiger partial charge in [-0.05, 0) is 35.2 Å². The summed E-state index contributed by atoms with van der Waals surface area (Å²) < 4.78 is 5.00. The van der Waals surface area contributed by atoms with Crippen LogP contribution in [0.1, 0.15) is 20.8 Å². The fourth-order valence-electron chi connectivity index (χ4n) is 1.91. The molecule has 2 N–H and O–H groups in total.